The summed E-state index contributed by atoms with van der Waals surface area (Å²) in [5.74, 6) is 2.40. The number of aliphatic hydroxyl groups is 1. The predicted molar refractivity (Wildman–Crippen MR) is 117 cm³/mol. The Balaban J connectivity index is 1.43. The Kier molecular flexibility index (Phi) is 8.19. The average Bonchev–Trinajstić information content (AvgIpc) is 2.79. The lowest BCUT2D eigenvalue weighted by Gasteiger charge is -2.37. The summed E-state index contributed by atoms with van der Waals surface area (Å²) in [7, 11) is 4.96. The van der Waals surface area contributed by atoms with Crippen LogP contribution in [0.1, 0.15) is 5.56 Å². The third-order valence-corrected chi connectivity index (χ3v) is 5.32. The Morgan fingerprint density at radius 1 is 0.900 bits per heavy atom. The molecule has 1 N–H and O–H groups in total. The van der Waals surface area contributed by atoms with Crippen molar-refractivity contribution in [3.63, 3.8) is 0 Å². The van der Waals surface area contributed by atoms with Crippen LogP contribution in [0, 0.1) is 0 Å². The number of nitrogens with zero attached hydrogens (tertiary/aromatic N) is 2. The summed E-state index contributed by atoms with van der Waals surface area (Å²) in [5, 5.41) is 10.4. The Hall–Kier alpha value is -2.48. The lowest BCUT2D eigenvalue weighted by atomic mass is 10.2. The van der Waals surface area contributed by atoms with Gasteiger partial charge in [0.1, 0.15) is 17.2 Å². The van der Waals surface area contributed by atoms with E-state index in [1.807, 2.05) is 36.4 Å². The van der Waals surface area contributed by atoms with Gasteiger partial charge in [-0.25, -0.2) is 0 Å². The highest BCUT2D eigenvalue weighted by molar-refractivity contribution is 5.58. The first-order valence-electron chi connectivity index (χ1n) is 10.2. The van der Waals surface area contributed by atoms with Crippen molar-refractivity contribution in [2.45, 2.75) is 12.7 Å². The summed E-state index contributed by atoms with van der Waals surface area (Å²) < 4.78 is 21.8. The Labute approximate surface area is 178 Å². The lowest BCUT2D eigenvalue weighted by Crippen LogP contribution is -2.49. The topological polar surface area (TPSA) is 63.6 Å². The van der Waals surface area contributed by atoms with Crippen molar-refractivity contribution in [2.75, 3.05) is 65.6 Å². The van der Waals surface area contributed by atoms with Gasteiger partial charge in [0.15, 0.2) is 0 Å². The maximum Gasteiger partial charge on any atom is 0.142 e. The number of para-hydroxylation sites is 2. The number of hydrogen-bond donors (Lipinski definition) is 1. The van der Waals surface area contributed by atoms with Crippen molar-refractivity contribution in [3.05, 3.63) is 48.0 Å². The zero-order valence-corrected chi connectivity index (χ0v) is 18.0. The first kappa shape index (κ1) is 22.2. The lowest BCUT2D eigenvalue weighted by molar-refractivity contribution is 0.00861. The Bertz CT molecular complexity index is 793. The van der Waals surface area contributed by atoms with E-state index in [4.69, 9.17) is 18.9 Å². The normalized spacial score (nSPS) is 15.7. The van der Waals surface area contributed by atoms with Crippen molar-refractivity contribution in [1.82, 2.24) is 4.90 Å². The van der Waals surface area contributed by atoms with Crippen LogP contribution in [0.25, 0.3) is 0 Å². The van der Waals surface area contributed by atoms with E-state index in [-0.39, 0.29) is 6.61 Å². The number of aliphatic hydroxyl groups excluding tert-OH is 1. The van der Waals surface area contributed by atoms with Gasteiger partial charge in [-0.05, 0) is 30.3 Å². The van der Waals surface area contributed by atoms with Gasteiger partial charge in [0.2, 0.25) is 0 Å². The third kappa shape index (κ3) is 5.78. The first-order chi connectivity index (χ1) is 14.6. The number of hydrogen-bond acceptors (Lipinski definition) is 7. The monoisotopic (exact) mass is 416 g/mol. The fourth-order valence-electron chi connectivity index (χ4n) is 3.71. The molecule has 1 atom stereocenters. The van der Waals surface area contributed by atoms with Gasteiger partial charge in [0.05, 0.1) is 46.3 Å². The highest BCUT2D eigenvalue weighted by atomic mass is 16.5. The average molecular weight is 417 g/mol. The maximum atomic E-state index is 10.4. The molecule has 0 unspecified atom stereocenters. The molecule has 3 rings (SSSR count). The summed E-state index contributed by atoms with van der Waals surface area (Å²) in [6, 6.07) is 13.7. The van der Waals surface area contributed by atoms with Gasteiger partial charge in [-0.2, -0.15) is 0 Å². The van der Waals surface area contributed by atoms with Crippen LogP contribution in [-0.4, -0.2) is 76.8 Å². The minimum absolute atomic E-state index is 0.271. The van der Waals surface area contributed by atoms with Crippen LogP contribution in [0.2, 0.25) is 0 Å². The largest absolute Gasteiger partial charge is 0.497 e. The van der Waals surface area contributed by atoms with Crippen molar-refractivity contribution in [1.29, 1.82) is 0 Å². The van der Waals surface area contributed by atoms with Crippen LogP contribution in [0.4, 0.5) is 5.69 Å². The van der Waals surface area contributed by atoms with Crippen LogP contribution in [0.3, 0.4) is 0 Å². The molecule has 0 spiro atoms. The Morgan fingerprint density at radius 3 is 2.33 bits per heavy atom. The SMILES string of the molecule is COc1ccc(OC)c(COC[C@@H](O)CN2CCN(c3ccccc3OC)CC2)c1. The van der Waals surface area contributed by atoms with Gasteiger partial charge in [0, 0.05) is 38.3 Å². The minimum atomic E-state index is -0.542. The number of methoxy groups -OCH3 is 3. The van der Waals surface area contributed by atoms with Crippen LogP contribution in [-0.2, 0) is 11.3 Å². The molecule has 1 heterocycles. The molecule has 1 aliphatic heterocycles. The van der Waals surface area contributed by atoms with Gasteiger partial charge in [-0.3, -0.25) is 4.90 Å². The minimum Gasteiger partial charge on any atom is -0.497 e. The van der Waals surface area contributed by atoms with Crippen LogP contribution in [0.5, 0.6) is 17.2 Å². The van der Waals surface area contributed by atoms with Crippen molar-refractivity contribution < 1.29 is 24.1 Å². The molecule has 7 nitrogen and oxygen atoms in total. The molecular weight excluding hydrogens is 384 g/mol. The summed E-state index contributed by atoms with van der Waals surface area (Å²) in [5.41, 5.74) is 2.02. The molecule has 0 bridgehead atoms. The molecule has 0 aromatic heterocycles. The summed E-state index contributed by atoms with van der Waals surface area (Å²) in [6.07, 6.45) is -0.542. The molecule has 2 aromatic carbocycles. The smallest absolute Gasteiger partial charge is 0.142 e. The van der Waals surface area contributed by atoms with Gasteiger partial charge in [-0.1, -0.05) is 12.1 Å². The van der Waals surface area contributed by atoms with Gasteiger partial charge >= 0.3 is 0 Å². The second-order valence-corrected chi connectivity index (χ2v) is 7.31. The zero-order chi connectivity index (χ0) is 21.3. The van der Waals surface area contributed by atoms with Gasteiger partial charge in [0.25, 0.3) is 0 Å². The standard InChI is InChI=1S/C23H32N2O5/c1-27-20-8-9-22(28-2)18(14-20)16-30-17-19(26)15-24-10-12-25(13-11-24)21-6-4-5-7-23(21)29-3/h4-9,14,19,26H,10-13,15-17H2,1-3H3/t19-/m0/s1. The van der Waals surface area contributed by atoms with Crippen molar-refractivity contribution in [3.8, 4) is 17.2 Å². The molecular formula is C23H32N2O5. The summed E-state index contributed by atoms with van der Waals surface area (Å²) >= 11 is 0. The van der Waals surface area contributed by atoms with E-state index >= 15 is 0 Å². The molecule has 0 aliphatic carbocycles. The number of ether oxygens (including phenoxy) is 4. The molecule has 0 amide bonds. The van der Waals surface area contributed by atoms with E-state index < -0.39 is 6.10 Å². The first-order valence-corrected chi connectivity index (χ1v) is 10.2. The molecule has 0 saturated carbocycles. The van der Waals surface area contributed by atoms with E-state index in [1.54, 1.807) is 21.3 Å². The number of anilines is 1. The molecule has 2 aromatic rings. The van der Waals surface area contributed by atoms with Crippen molar-refractivity contribution >= 4 is 5.69 Å². The summed E-state index contributed by atoms with van der Waals surface area (Å²) in [4.78, 5) is 4.60. The second kappa shape index (κ2) is 11.1. The van der Waals surface area contributed by atoms with E-state index in [0.29, 0.717) is 13.2 Å². The van der Waals surface area contributed by atoms with Crippen molar-refractivity contribution in [2.24, 2.45) is 0 Å². The van der Waals surface area contributed by atoms with Crippen LogP contribution in [0.15, 0.2) is 42.5 Å². The van der Waals surface area contributed by atoms with E-state index in [1.165, 1.54) is 0 Å². The number of benzene rings is 2. The number of rotatable bonds is 10. The van der Waals surface area contributed by atoms with E-state index in [0.717, 1.165) is 54.7 Å². The molecule has 30 heavy (non-hydrogen) atoms. The number of β-amino-alcohol motifs (C(OH)–C–C–N with tert-alkyl or cyclic N) is 1. The molecule has 1 fully saturated rings. The second-order valence-electron chi connectivity index (χ2n) is 7.31. The zero-order valence-electron chi connectivity index (χ0n) is 18.0. The van der Waals surface area contributed by atoms with E-state index in [9.17, 15) is 5.11 Å². The Morgan fingerprint density at radius 2 is 1.63 bits per heavy atom. The van der Waals surface area contributed by atoms with Gasteiger partial charge in [-0.15, -0.1) is 0 Å². The predicted octanol–water partition coefficient (Wildman–Crippen LogP) is 2.41. The maximum absolute atomic E-state index is 10.4. The molecule has 7 heteroatoms. The highest BCUT2D eigenvalue weighted by Gasteiger charge is 2.21. The molecule has 0 radical (unpaired) electrons. The fourth-order valence-corrected chi connectivity index (χ4v) is 3.71. The quantitative estimate of drug-likeness (QED) is 0.638. The third-order valence-electron chi connectivity index (χ3n) is 5.32. The summed E-state index contributed by atoms with van der Waals surface area (Å²) in [6.45, 7) is 4.79. The molecule has 164 valence electrons. The molecule has 1 saturated heterocycles. The molecule has 1 aliphatic rings. The van der Waals surface area contributed by atoms with Gasteiger partial charge < -0.3 is 29.0 Å². The van der Waals surface area contributed by atoms with Crippen LogP contribution < -0.4 is 19.1 Å². The van der Waals surface area contributed by atoms with E-state index in [2.05, 4.69) is 15.9 Å². The fraction of sp³-hybridized carbons (Fsp3) is 0.478. The number of piperazine rings is 1. The van der Waals surface area contributed by atoms with Crippen LogP contribution >= 0.6 is 0 Å². The highest BCUT2D eigenvalue weighted by Crippen LogP contribution is 2.28.